The van der Waals surface area contributed by atoms with E-state index < -0.39 is 0 Å². The van der Waals surface area contributed by atoms with Gasteiger partial charge in [-0.25, -0.2) is 0 Å². The summed E-state index contributed by atoms with van der Waals surface area (Å²) in [5.41, 5.74) is 2.88. The highest BCUT2D eigenvalue weighted by atomic mass is 15.1. The average molecular weight is 204 g/mol. The van der Waals surface area contributed by atoms with E-state index >= 15 is 0 Å². The predicted octanol–water partition coefficient (Wildman–Crippen LogP) is 1.79. The normalized spacial score (nSPS) is 18.7. The minimum Gasteiger partial charge on any atom is -0.315 e. The quantitative estimate of drug-likeness (QED) is 0.790. The van der Waals surface area contributed by atoms with Crippen molar-refractivity contribution in [3.8, 4) is 0 Å². The maximum atomic E-state index is 3.44. The zero-order valence-corrected chi connectivity index (χ0v) is 9.50. The molecule has 1 aliphatic heterocycles. The molecule has 1 saturated heterocycles. The van der Waals surface area contributed by atoms with Gasteiger partial charge in [0.2, 0.25) is 0 Å². The van der Waals surface area contributed by atoms with E-state index in [4.69, 9.17) is 0 Å². The van der Waals surface area contributed by atoms with Crippen molar-refractivity contribution in [1.82, 2.24) is 10.2 Å². The smallest absolute Gasteiger partial charge is 0.0236 e. The van der Waals surface area contributed by atoms with Gasteiger partial charge in [0.1, 0.15) is 0 Å². The van der Waals surface area contributed by atoms with Crippen LogP contribution in [0.5, 0.6) is 0 Å². The van der Waals surface area contributed by atoms with Gasteiger partial charge in [-0.1, -0.05) is 24.3 Å². The van der Waals surface area contributed by atoms with Crippen molar-refractivity contribution in [1.29, 1.82) is 0 Å². The molecule has 1 heterocycles. The maximum absolute atomic E-state index is 3.44. The molecule has 0 radical (unpaired) electrons. The molecule has 0 aromatic heterocycles. The summed E-state index contributed by atoms with van der Waals surface area (Å²) in [5, 5.41) is 3.44. The van der Waals surface area contributed by atoms with E-state index in [0.717, 1.165) is 13.1 Å². The molecule has 1 fully saturated rings. The van der Waals surface area contributed by atoms with Crippen LogP contribution in [0.4, 0.5) is 0 Å². The minimum atomic E-state index is 1.11. The lowest BCUT2D eigenvalue weighted by atomic mass is 10.1. The van der Waals surface area contributed by atoms with E-state index in [0.29, 0.717) is 0 Å². The van der Waals surface area contributed by atoms with Gasteiger partial charge < -0.3 is 5.32 Å². The lowest BCUT2D eigenvalue weighted by molar-refractivity contribution is 0.284. The van der Waals surface area contributed by atoms with Crippen LogP contribution in [0.15, 0.2) is 24.3 Å². The predicted molar refractivity (Wildman–Crippen MR) is 63.9 cm³/mol. The number of aryl methyl sites for hydroxylation is 1. The number of nitrogens with one attached hydrogen (secondary N) is 1. The number of hydrogen-bond donors (Lipinski definition) is 1. The van der Waals surface area contributed by atoms with Gasteiger partial charge in [-0.2, -0.15) is 0 Å². The van der Waals surface area contributed by atoms with E-state index in [-0.39, 0.29) is 0 Å². The molecular weight excluding hydrogens is 184 g/mol. The Labute approximate surface area is 92.3 Å². The Morgan fingerprint density at radius 2 is 2.07 bits per heavy atom. The van der Waals surface area contributed by atoms with Crippen LogP contribution in [0, 0.1) is 6.92 Å². The Kier molecular flexibility index (Phi) is 3.75. The zero-order chi connectivity index (χ0) is 10.5. The summed E-state index contributed by atoms with van der Waals surface area (Å²) < 4.78 is 0. The summed E-state index contributed by atoms with van der Waals surface area (Å²) in [4.78, 5) is 2.54. The molecule has 0 saturated carbocycles. The Bertz CT molecular complexity index is 301. The molecule has 1 aliphatic rings. The van der Waals surface area contributed by atoms with E-state index in [2.05, 4.69) is 41.4 Å². The molecule has 0 amide bonds. The van der Waals surface area contributed by atoms with Gasteiger partial charge in [-0.3, -0.25) is 4.90 Å². The van der Waals surface area contributed by atoms with Gasteiger partial charge >= 0.3 is 0 Å². The first-order valence-corrected chi connectivity index (χ1v) is 5.84. The first kappa shape index (κ1) is 10.7. The van der Waals surface area contributed by atoms with Crippen molar-refractivity contribution in [2.45, 2.75) is 19.9 Å². The van der Waals surface area contributed by atoms with E-state index in [1.54, 1.807) is 0 Å². The van der Waals surface area contributed by atoms with Gasteiger partial charge in [-0.05, 0) is 37.6 Å². The van der Waals surface area contributed by atoms with Crippen molar-refractivity contribution in [3.05, 3.63) is 35.4 Å². The van der Waals surface area contributed by atoms with Gasteiger partial charge in [0, 0.05) is 19.6 Å². The third kappa shape index (κ3) is 3.05. The van der Waals surface area contributed by atoms with Crippen LogP contribution in [-0.4, -0.2) is 31.1 Å². The molecule has 0 aliphatic carbocycles. The van der Waals surface area contributed by atoms with E-state index in [1.807, 2.05) is 0 Å². The summed E-state index contributed by atoms with van der Waals surface area (Å²) in [6.45, 7) is 8.01. The zero-order valence-electron chi connectivity index (χ0n) is 9.50. The minimum absolute atomic E-state index is 1.11. The van der Waals surface area contributed by atoms with Crippen LogP contribution in [0.2, 0.25) is 0 Å². The Morgan fingerprint density at radius 1 is 1.20 bits per heavy atom. The summed E-state index contributed by atoms with van der Waals surface area (Å²) >= 11 is 0. The molecule has 0 unspecified atom stereocenters. The first-order valence-electron chi connectivity index (χ1n) is 5.84. The van der Waals surface area contributed by atoms with Crippen LogP contribution in [0.25, 0.3) is 0 Å². The van der Waals surface area contributed by atoms with Crippen LogP contribution < -0.4 is 5.32 Å². The van der Waals surface area contributed by atoms with Crippen LogP contribution in [-0.2, 0) is 6.54 Å². The Morgan fingerprint density at radius 3 is 2.93 bits per heavy atom. The van der Waals surface area contributed by atoms with Gasteiger partial charge in [-0.15, -0.1) is 0 Å². The third-order valence-corrected chi connectivity index (χ3v) is 3.09. The lowest BCUT2D eigenvalue weighted by Gasteiger charge is -2.20. The topological polar surface area (TPSA) is 15.3 Å². The summed E-state index contributed by atoms with van der Waals surface area (Å²) in [5.74, 6) is 0. The molecule has 1 aromatic carbocycles. The largest absolute Gasteiger partial charge is 0.315 e. The fourth-order valence-corrected chi connectivity index (χ4v) is 2.09. The standard InChI is InChI=1S/C13H20N2/c1-12-5-2-3-6-13(12)11-15-9-4-7-14-8-10-15/h2-3,5-6,14H,4,7-11H2,1H3. The lowest BCUT2D eigenvalue weighted by Crippen LogP contribution is -2.27. The van der Waals surface area contributed by atoms with Gasteiger partial charge in [0.15, 0.2) is 0 Å². The van der Waals surface area contributed by atoms with Crippen LogP contribution >= 0.6 is 0 Å². The van der Waals surface area contributed by atoms with Crippen LogP contribution in [0.1, 0.15) is 17.5 Å². The second kappa shape index (κ2) is 5.29. The summed E-state index contributed by atoms with van der Waals surface area (Å²) in [6.07, 6.45) is 1.27. The average Bonchev–Trinajstić information content (AvgIpc) is 2.50. The Hall–Kier alpha value is -0.860. The molecule has 82 valence electrons. The fraction of sp³-hybridized carbons (Fsp3) is 0.538. The number of nitrogens with zero attached hydrogens (tertiary/aromatic N) is 1. The monoisotopic (exact) mass is 204 g/mol. The second-order valence-electron chi connectivity index (χ2n) is 4.31. The molecule has 15 heavy (non-hydrogen) atoms. The van der Waals surface area contributed by atoms with Crippen molar-refractivity contribution < 1.29 is 0 Å². The molecule has 1 N–H and O–H groups in total. The molecule has 0 spiro atoms. The third-order valence-electron chi connectivity index (χ3n) is 3.09. The molecule has 0 bridgehead atoms. The molecule has 2 heteroatoms. The number of rotatable bonds is 2. The molecule has 1 aromatic rings. The first-order chi connectivity index (χ1) is 7.36. The molecular formula is C13H20N2. The number of benzene rings is 1. The molecule has 2 nitrogen and oxygen atoms in total. The highest BCUT2D eigenvalue weighted by Crippen LogP contribution is 2.10. The van der Waals surface area contributed by atoms with Crippen molar-refractivity contribution in [3.63, 3.8) is 0 Å². The summed E-state index contributed by atoms with van der Waals surface area (Å²) in [7, 11) is 0. The van der Waals surface area contributed by atoms with E-state index in [9.17, 15) is 0 Å². The van der Waals surface area contributed by atoms with Crippen LogP contribution in [0.3, 0.4) is 0 Å². The highest BCUT2D eigenvalue weighted by Gasteiger charge is 2.09. The summed E-state index contributed by atoms with van der Waals surface area (Å²) in [6, 6.07) is 8.69. The molecule has 2 rings (SSSR count). The van der Waals surface area contributed by atoms with Crippen molar-refractivity contribution >= 4 is 0 Å². The second-order valence-corrected chi connectivity index (χ2v) is 4.31. The fourth-order valence-electron chi connectivity index (χ4n) is 2.09. The van der Waals surface area contributed by atoms with Crippen molar-refractivity contribution in [2.75, 3.05) is 26.2 Å². The number of hydrogen-bond acceptors (Lipinski definition) is 2. The van der Waals surface area contributed by atoms with Crippen molar-refractivity contribution in [2.24, 2.45) is 0 Å². The highest BCUT2D eigenvalue weighted by molar-refractivity contribution is 5.25. The van der Waals surface area contributed by atoms with E-state index in [1.165, 1.54) is 37.2 Å². The molecule has 0 atom stereocenters. The Balaban J connectivity index is 1.98. The van der Waals surface area contributed by atoms with Gasteiger partial charge in [0.25, 0.3) is 0 Å². The van der Waals surface area contributed by atoms with Gasteiger partial charge in [0.05, 0.1) is 0 Å². The maximum Gasteiger partial charge on any atom is 0.0236 e. The SMILES string of the molecule is Cc1ccccc1CN1CCCNCC1.